The number of carbonyl (C=O) groups excluding carboxylic acids is 2. The van der Waals surface area contributed by atoms with Gasteiger partial charge < -0.3 is 4.74 Å². The summed E-state index contributed by atoms with van der Waals surface area (Å²) in [5, 5.41) is 11.9. The Labute approximate surface area is 153 Å². The third-order valence-corrected chi connectivity index (χ3v) is 5.20. The number of carbonyl (C=O) groups is 2. The molecule has 0 saturated carbocycles. The van der Waals surface area contributed by atoms with Gasteiger partial charge in [0.05, 0.1) is 22.6 Å². The Morgan fingerprint density at radius 2 is 2.12 bits per heavy atom. The number of rotatable bonds is 7. The topological polar surface area (TPSA) is 81.2 Å². The van der Waals surface area contributed by atoms with E-state index in [2.05, 4.69) is 15.5 Å². The van der Waals surface area contributed by atoms with Crippen LogP contribution >= 0.6 is 34.7 Å². The molecule has 0 unspecified atom stereocenters. The smallest absolute Gasteiger partial charge is 0.315 e. The molecule has 1 amide bonds. The fourth-order valence-electron chi connectivity index (χ4n) is 1.70. The molecule has 1 N–H and O–H groups in total. The van der Waals surface area contributed by atoms with Crippen molar-refractivity contribution in [3.63, 3.8) is 0 Å². The second-order valence-corrected chi connectivity index (χ2v) is 7.35. The molecule has 6 nitrogen and oxygen atoms in total. The number of hydrogen-bond donors (Lipinski definition) is 1. The van der Waals surface area contributed by atoms with Crippen molar-refractivity contribution in [2.45, 2.75) is 19.1 Å². The average Bonchev–Trinajstić information content (AvgIpc) is 3.01. The third-order valence-electron chi connectivity index (χ3n) is 2.89. The monoisotopic (exact) mass is 385 g/mol. The standard InChI is InChI=1S/C15H16ClN3O3S2/c1-3-22-12(20)8-23-9(2)13(21)17-15-19-18-14(24-15)10-6-4-5-7-11(10)16/h4-7,9H,3,8H2,1-2H3,(H,17,19,21)/t9-/m0/s1. The molecular weight excluding hydrogens is 370 g/mol. The first-order valence-corrected chi connectivity index (χ1v) is 9.42. The molecule has 0 radical (unpaired) electrons. The van der Waals surface area contributed by atoms with Gasteiger partial charge in [0.2, 0.25) is 11.0 Å². The number of benzene rings is 1. The zero-order valence-electron chi connectivity index (χ0n) is 13.1. The molecule has 0 saturated heterocycles. The average molecular weight is 386 g/mol. The number of anilines is 1. The van der Waals surface area contributed by atoms with E-state index >= 15 is 0 Å². The maximum Gasteiger partial charge on any atom is 0.315 e. The molecule has 0 aliphatic rings. The van der Waals surface area contributed by atoms with E-state index in [1.165, 1.54) is 23.1 Å². The Hall–Kier alpha value is -1.64. The highest BCUT2D eigenvalue weighted by atomic mass is 35.5. The molecule has 128 valence electrons. The van der Waals surface area contributed by atoms with Crippen molar-refractivity contribution in [2.24, 2.45) is 0 Å². The van der Waals surface area contributed by atoms with Gasteiger partial charge in [0.25, 0.3) is 0 Å². The molecular formula is C15H16ClN3O3S2. The Balaban J connectivity index is 1.93. The summed E-state index contributed by atoms with van der Waals surface area (Å²) in [6.45, 7) is 3.79. The van der Waals surface area contributed by atoms with E-state index in [1.54, 1.807) is 19.9 Å². The van der Waals surface area contributed by atoms with Crippen LogP contribution in [0.15, 0.2) is 24.3 Å². The number of esters is 1. The van der Waals surface area contributed by atoms with Gasteiger partial charge in [-0.25, -0.2) is 0 Å². The Morgan fingerprint density at radius 3 is 2.83 bits per heavy atom. The van der Waals surface area contributed by atoms with Crippen molar-refractivity contribution in [1.29, 1.82) is 0 Å². The highest BCUT2D eigenvalue weighted by Crippen LogP contribution is 2.31. The quantitative estimate of drug-likeness (QED) is 0.735. The van der Waals surface area contributed by atoms with Crippen LogP contribution < -0.4 is 5.32 Å². The number of halogens is 1. The second kappa shape index (κ2) is 9.00. The van der Waals surface area contributed by atoms with E-state index in [4.69, 9.17) is 16.3 Å². The minimum absolute atomic E-state index is 0.128. The van der Waals surface area contributed by atoms with Crippen LogP contribution in [-0.4, -0.2) is 39.7 Å². The normalized spacial score (nSPS) is 11.8. The third kappa shape index (κ3) is 5.19. The molecule has 1 aromatic heterocycles. The summed E-state index contributed by atoms with van der Waals surface area (Å²) in [6.07, 6.45) is 0. The first-order valence-electron chi connectivity index (χ1n) is 7.17. The molecule has 0 fully saturated rings. The minimum atomic E-state index is -0.415. The molecule has 24 heavy (non-hydrogen) atoms. The lowest BCUT2D eigenvalue weighted by Crippen LogP contribution is -2.24. The fraction of sp³-hybridized carbons (Fsp3) is 0.333. The van der Waals surface area contributed by atoms with Crippen LogP contribution in [0.2, 0.25) is 5.02 Å². The van der Waals surface area contributed by atoms with Gasteiger partial charge in [-0.3, -0.25) is 14.9 Å². The second-order valence-electron chi connectivity index (χ2n) is 4.64. The number of hydrogen-bond acceptors (Lipinski definition) is 7. The lowest BCUT2D eigenvalue weighted by Gasteiger charge is -2.09. The van der Waals surface area contributed by atoms with Crippen molar-refractivity contribution in [3.8, 4) is 10.6 Å². The van der Waals surface area contributed by atoms with Crippen molar-refractivity contribution in [1.82, 2.24) is 10.2 Å². The fourth-order valence-corrected chi connectivity index (χ4v) is 3.44. The Morgan fingerprint density at radius 1 is 1.38 bits per heavy atom. The van der Waals surface area contributed by atoms with Crippen molar-refractivity contribution in [2.75, 3.05) is 17.7 Å². The zero-order chi connectivity index (χ0) is 17.5. The molecule has 2 aromatic rings. The molecule has 0 aliphatic heterocycles. The molecule has 0 bridgehead atoms. The number of nitrogens with zero attached hydrogens (tertiary/aromatic N) is 2. The number of thioether (sulfide) groups is 1. The van der Waals surface area contributed by atoms with Crippen LogP contribution in [0, 0.1) is 0 Å². The molecule has 1 aromatic carbocycles. The number of aromatic nitrogens is 2. The first-order chi connectivity index (χ1) is 11.5. The predicted molar refractivity (Wildman–Crippen MR) is 97.5 cm³/mol. The summed E-state index contributed by atoms with van der Waals surface area (Å²) < 4.78 is 4.83. The summed E-state index contributed by atoms with van der Waals surface area (Å²) >= 11 is 8.57. The van der Waals surface area contributed by atoms with Crippen LogP contribution in [0.1, 0.15) is 13.8 Å². The highest BCUT2D eigenvalue weighted by molar-refractivity contribution is 8.01. The van der Waals surface area contributed by atoms with Crippen molar-refractivity contribution < 1.29 is 14.3 Å². The van der Waals surface area contributed by atoms with Gasteiger partial charge in [0.1, 0.15) is 0 Å². The van der Waals surface area contributed by atoms with E-state index in [1.807, 2.05) is 18.2 Å². The summed E-state index contributed by atoms with van der Waals surface area (Å²) in [5.41, 5.74) is 0.766. The number of amides is 1. The maximum atomic E-state index is 12.1. The van der Waals surface area contributed by atoms with Gasteiger partial charge in [-0.1, -0.05) is 41.1 Å². The van der Waals surface area contributed by atoms with Crippen molar-refractivity contribution >= 4 is 51.7 Å². The van der Waals surface area contributed by atoms with Gasteiger partial charge in [0.15, 0.2) is 5.01 Å². The van der Waals surface area contributed by atoms with Crippen LogP contribution in [0.5, 0.6) is 0 Å². The highest BCUT2D eigenvalue weighted by Gasteiger charge is 2.18. The summed E-state index contributed by atoms with van der Waals surface area (Å²) in [6, 6.07) is 7.30. The van der Waals surface area contributed by atoms with Crippen LogP contribution in [0.4, 0.5) is 5.13 Å². The Kier molecular flexibility index (Phi) is 7.01. The summed E-state index contributed by atoms with van der Waals surface area (Å²) in [5.74, 6) is -0.450. The summed E-state index contributed by atoms with van der Waals surface area (Å²) in [7, 11) is 0. The van der Waals surface area contributed by atoms with Crippen LogP contribution in [0.25, 0.3) is 10.6 Å². The van der Waals surface area contributed by atoms with Gasteiger partial charge in [-0.15, -0.1) is 22.0 Å². The zero-order valence-corrected chi connectivity index (χ0v) is 15.5. The van der Waals surface area contributed by atoms with E-state index in [0.29, 0.717) is 21.8 Å². The SMILES string of the molecule is CCOC(=O)CS[C@@H](C)C(=O)Nc1nnc(-c2ccccc2Cl)s1. The van der Waals surface area contributed by atoms with E-state index in [9.17, 15) is 9.59 Å². The first kappa shape index (κ1) is 18.7. The number of nitrogens with one attached hydrogen (secondary N) is 1. The number of ether oxygens (including phenoxy) is 1. The largest absolute Gasteiger partial charge is 0.465 e. The molecule has 1 heterocycles. The minimum Gasteiger partial charge on any atom is -0.465 e. The van der Waals surface area contributed by atoms with E-state index in [-0.39, 0.29) is 17.6 Å². The Bertz CT molecular complexity index is 723. The molecule has 9 heteroatoms. The lowest BCUT2D eigenvalue weighted by atomic mass is 10.2. The molecule has 2 rings (SSSR count). The van der Waals surface area contributed by atoms with Gasteiger partial charge >= 0.3 is 5.97 Å². The molecule has 0 aliphatic carbocycles. The van der Waals surface area contributed by atoms with Crippen LogP contribution in [0.3, 0.4) is 0 Å². The molecule has 1 atom stereocenters. The molecule has 0 spiro atoms. The predicted octanol–water partition coefficient (Wildman–Crippen LogP) is 3.48. The van der Waals surface area contributed by atoms with Gasteiger partial charge in [0, 0.05) is 5.56 Å². The van der Waals surface area contributed by atoms with Crippen molar-refractivity contribution in [3.05, 3.63) is 29.3 Å². The van der Waals surface area contributed by atoms with E-state index < -0.39 is 5.25 Å². The van der Waals surface area contributed by atoms with E-state index in [0.717, 1.165) is 5.56 Å². The van der Waals surface area contributed by atoms with Gasteiger partial charge in [-0.2, -0.15) is 0 Å². The maximum absolute atomic E-state index is 12.1. The lowest BCUT2D eigenvalue weighted by molar-refractivity contribution is -0.139. The summed E-state index contributed by atoms with van der Waals surface area (Å²) in [4.78, 5) is 23.4. The van der Waals surface area contributed by atoms with Crippen LogP contribution in [-0.2, 0) is 14.3 Å². The van der Waals surface area contributed by atoms with Gasteiger partial charge in [-0.05, 0) is 19.9 Å².